The van der Waals surface area contributed by atoms with Crippen LogP contribution in [0.4, 0.5) is 5.69 Å². The smallest absolute Gasteiger partial charge is 0.277 e. The van der Waals surface area contributed by atoms with E-state index in [1.165, 1.54) is 18.0 Å². The first-order chi connectivity index (χ1) is 14.4. The summed E-state index contributed by atoms with van der Waals surface area (Å²) in [7, 11) is 3.87. The number of benzene rings is 2. The van der Waals surface area contributed by atoms with E-state index < -0.39 is 0 Å². The molecule has 1 heterocycles. The highest BCUT2D eigenvalue weighted by atomic mass is 79.9. The fraction of sp³-hybridized carbons (Fsp3) is 0.143. The molecule has 3 rings (SSSR count). The first-order valence-electron chi connectivity index (χ1n) is 8.85. The monoisotopic (exact) mass is 507 g/mol. The fourth-order valence-corrected chi connectivity index (χ4v) is 3.77. The molecule has 156 valence electrons. The summed E-state index contributed by atoms with van der Waals surface area (Å²) in [5.41, 5.74) is 3.41. The Kier molecular flexibility index (Phi) is 7.84. The Bertz CT molecular complexity index is 1040. The molecule has 1 amide bonds. The van der Waals surface area contributed by atoms with Crippen LogP contribution in [0.5, 0.6) is 5.75 Å². The van der Waals surface area contributed by atoms with Crippen molar-refractivity contribution in [3.05, 3.63) is 69.9 Å². The highest BCUT2D eigenvalue weighted by molar-refractivity contribution is 9.10. The molecular weight excluding hydrogens is 490 g/mol. The minimum Gasteiger partial charge on any atom is -0.484 e. The molecule has 0 atom stereocenters. The van der Waals surface area contributed by atoms with Crippen molar-refractivity contribution in [2.24, 2.45) is 5.10 Å². The van der Waals surface area contributed by atoms with Crippen LogP contribution in [0.3, 0.4) is 0 Å². The number of hydrogen-bond donors (Lipinski definition) is 1. The maximum atomic E-state index is 12.0. The second kappa shape index (κ2) is 10.6. The molecule has 0 saturated heterocycles. The number of furan rings is 1. The summed E-state index contributed by atoms with van der Waals surface area (Å²) in [6.07, 6.45) is 1.43. The third-order valence-electron chi connectivity index (χ3n) is 3.78. The van der Waals surface area contributed by atoms with Gasteiger partial charge in [-0.05, 0) is 52.3 Å². The van der Waals surface area contributed by atoms with Crippen LogP contribution >= 0.6 is 39.3 Å². The molecule has 30 heavy (non-hydrogen) atoms. The lowest BCUT2D eigenvalue weighted by molar-refractivity contribution is -0.123. The van der Waals surface area contributed by atoms with Crippen molar-refractivity contribution in [3.63, 3.8) is 0 Å². The zero-order valence-corrected chi connectivity index (χ0v) is 19.4. The van der Waals surface area contributed by atoms with Crippen LogP contribution in [0, 0.1) is 0 Å². The molecule has 0 bridgehead atoms. The Morgan fingerprint density at radius 1 is 1.27 bits per heavy atom. The number of nitrogens with one attached hydrogen (secondary N) is 1. The Labute approximate surface area is 192 Å². The first kappa shape index (κ1) is 22.3. The van der Waals surface area contributed by atoms with E-state index in [1.54, 1.807) is 12.1 Å². The van der Waals surface area contributed by atoms with E-state index in [0.717, 1.165) is 15.1 Å². The van der Waals surface area contributed by atoms with Crippen molar-refractivity contribution in [3.8, 4) is 5.75 Å². The second-order valence-electron chi connectivity index (χ2n) is 6.31. The third-order valence-corrected chi connectivity index (χ3v) is 5.88. The summed E-state index contributed by atoms with van der Waals surface area (Å²) in [6, 6.07) is 16.7. The molecular formula is C21H19BrClN3O3S. The van der Waals surface area contributed by atoms with Crippen LogP contribution in [-0.2, 0) is 4.79 Å². The number of carbonyl (C=O) groups excluding carboxylic acids is 1. The molecule has 9 heteroatoms. The minimum atomic E-state index is -0.372. The van der Waals surface area contributed by atoms with Gasteiger partial charge in [0, 0.05) is 41.8 Å². The average Bonchev–Trinajstić information content (AvgIpc) is 3.07. The Morgan fingerprint density at radius 3 is 2.77 bits per heavy atom. The number of amides is 1. The molecule has 2 aromatic carbocycles. The normalized spacial score (nSPS) is 10.9. The van der Waals surface area contributed by atoms with Crippen LogP contribution < -0.4 is 15.1 Å². The number of rotatable bonds is 8. The summed E-state index contributed by atoms with van der Waals surface area (Å²) in [4.78, 5) is 14.9. The number of hydrazone groups is 1. The van der Waals surface area contributed by atoms with E-state index in [1.807, 2.05) is 61.5 Å². The van der Waals surface area contributed by atoms with Crippen LogP contribution in [0.2, 0.25) is 5.02 Å². The average molecular weight is 509 g/mol. The largest absolute Gasteiger partial charge is 0.484 e. The summed E-state index contributed by atoms with van der Waals surface area (Å²) >= 11 is 10.8. The summed E-state index contributed by atoms with van der Waals surface area (Å²) in [5.74, 6) is 0.736. The van der Waals surface area contributed by atoms with Gasteiger partial charge >= 0.3 is 0 Å². The molecule has 1 aromatic heterocycles. The molecule has 0 aliphatic rings. The summed E-state index contributed by atoms with van der Waals surface area (Å²) < 4.78 is 12.0. The van der Waals surface area contributed by atoms with Gasteiger partial charge in [-0.2, -0.15) is 5.10 Å². The lowest BCUT2D eigenvalue weighted by Crippen LogP contribution is -2.24. The predicted octanol–water partition coefficient (Wildman–Crippen LogP) is 5.44. The highest BCUT2D eigenvalue weighted by Crippen LogP contribution is 2.35. The number of anilines is 1. The molecule has 1 N–H and O–H groups in total. The molecule has 0 spiro atoms. The van der Waals surface area contributed by atoms with Gasteiger partial charge in [0.25, 0.3) is 5.91 Å². The van der Waals surface area contributed by atoms with E-state index >= 15 is 0 Å². The number of hydrogen-bond acceptors (Lipinski definition) is 6. The standard InChI is InChI=1S/C21H19BrClN3O3S/c1-26(2)15-4-3-5-16(10-15)28-13-20(27)25-24-12-17-11-19(22)21(29-17)30-18-8-6-14(23)7-9-18/h3-12H,13H2,1-2H3,(H,25,27)/b24-12+. The van der Waals surface area contributed by atoms with Crippen molar-refractivity contribution in [1.29, 1.82) is 0 Å². The Morgan fingerprint density at radius 2 is 2.03 bits per heavy atom. The second-order valence-corrected chi connectivity index (χ2v) is 8.65. The molecule has 0 unspecified atom stereocenters. The molecule has 3 aromatic rings. The van der Waals surface area contributed by atoms with Gasteiger partial charge < -0.3 is 14.1 Å². The fourth-order valence-electron chi connectivity index (χ4n) is 2.31. The van der Waals surface area contributed by atoms with Crippen molar-refractivity contribution >= 4 is 57.1 Å². The van der Waals surface area contributed by atoms with Crippen LogP contribution in [0.15, 0.2) is 78.6 Å². The van der Waals surface area contributed by atoms with Crippen molar-refractivity contribution in [2.45, 2.75) is 9.99 Å². The SMILES string of the molecule is CN(C)c1cccc(OCC(=O)N/N=C/c2cc(Br)c(Sc3ccc(Cl)cc3)o2)c1. The van der Waals surface area contributed by atoms with Crippen molar-refractivity contribution in [2.75, 3.05) is 25.6 Å². The molecule has 0 aliphatic carbocycles. The van der Waals surface area contributed by atoms with E-state index in [2.05, 4.69) is 26.5 Å². The van der Waals surface area contributed by atoms with Gasteiger partial charge in [-0.15, -0.1) is 0 Å². The molecule has 0 fully saturated rings. The molecule has 0 radical (unpaired) electrons. The van der Waals surface area contributed by atoms with Gasteiger partial charge in [0.2, 0.25) is 0 Å². The minimum absolute atomic E-state index is 0.145. The van der Waals surface area contributed by atoms with Crippen LogP contribution in [0.1, 0.15) is 5.76 Å². The van der Waals surface area contributed by atoms with E-state index in [9.17, 15) is 4.79 Å². The van der Waals surface area contributed by atoms with Crippen LogP contribution in [-0.4, -0.2) is 32.8 Å². The summed E-state index contributed by atoms with van der Waals surface area (Å²) in [5, 5.41) is 5.27. The first-order valence-corrected chi connectivity index (χ1v) is 10.8. The van der Waals surface area contributed by atoms with E-state index in [4.69, 9.17) is 20.8 Å². The molecule has 0 aliphatic heterocycles. The maximum absolute atomic E-state index is 12.0. The number of carbonyl (C=O) groups is 1. The highest BCUT2D eigenvalue weighted by Gasteiger charge is 2.10. The zero-order chi connectivity index (χ0) is 21.5. The number of nitrogens with zero attached hydrogens (tertiary/aromatic N) is 2. The van der Waals surface area contributed by atoms with Crippen molar-refractivity contribution in [1.82, 2.24) is 5.43 Å². The molecule has 0 saturated carbocycles. The molecule has 6 nitrogen and oxygen atoms in total. The van der Waals surface area contributed by atoms with E-state index in [0.29, 0.717) is 21.6 Å². The topological polar surface area (TPSA) is 67.1 Å². The van der Waals surface area contributed by atoms with Gasteiger partial charge in [0.05, 0.1) is 10.7 Å². The van der Waals surface area contributed by atoms with E-state index in [-0.39, 0.29) is 12.5 Å². The lowest BCUT2D eigenvalue weighted by atomic mass is 10.3. The number of ether oxygens (including phenoxy) is 1. The van der Waals surface area contributed by atoms with Crippen LogP contribution in [0.25, 0.3) is 0 Å². The van der Waals surface area contributed by atoms with Gasteiger partial charge in [0.1, 0.15) is 11.5 Å². The number of halogens is 2. The van der Waals surface area contributed by atoms with Gasteiger partial charge in [-0.3, -0.25) is 4.79 Å². The van der Waals surface area contributed by atoms with Gasteiger partial charge in [0.15, 0.2) is 11.7 Å². The van der Waals surface area contributed by atoms with Gasteiger partial charge in [-0.1, -0.05) is 29.4 Å². The van der Waals surface area contributed by atoms with Gasteiger partial charge in [-0.25, -0.2) is 5.43 Å². The van der Waals surface area contributed by atoms with Crippen molar-refractivity contribution < 1.29 is 13.9 Å². The quantitative estimate of drug-likeness (QED) is 0.324. The third kappa shape index (κ3) is 6.55. The predicted molar refractivity (Wildman–Crippen MR) is 124 cm³/mol. The Hall–Kier alpha value is -2.42. The Balaban J connectivity index is 1.50. The summed E-state index contributed by atoms with van der Waals surface area (Å²) in [6.45, 7) is -0.145. The maximum Gasteiger partial charge on any atom is 0.277 e. The lowest BCUT2D eigenvalue weighted by Gasteiger charge is -2.13. The zero-order valence-electron chi connectivity index (χ0n) is 16.3.